The van der Waals surface area contributed by atoms with Crippen LogP contribution in [0.5, 0.6) is 0 Å². The monoisotopic (exact) mass is 222 g/mol. The maximum Gasteiger partial charge on any atom is 0.0538 e. The third kappa shape index (κ3) is 2.44. The molecule has 1 saturated carbocycles. The van der Waals surface area contributed by atoms with Crippen molar-refractivity contribution in [2.24, 2.45) is 11.8 Å². The number of aryl methyl sites for hydroxylation is 1. The van der Waals surface area contributed by atoms with Gasteiger partial charge in [-0.2, -0.15) is 5.10 Å². The third-order valence-electron chi connectivity index (χ3n) is 3.64. The van der Waals surface area contributed by atoms with Crippen molar-refractivity contribution in [3.05, 3.63) is 18.0 Å². The van der Waals surface area contributed by atoms with E-state index in [1.54, 1.807) is 0 Å². The fraction of sp³-hybridized carbons (Fsp3) is 0.750. The largest absolute Gasteiger partial charge is 0.273 e. The molecule has 4 heteroatoms. The van der Waals surface area contributed by atoms with Gasteiger partial charge in [-0.1, -0.05) is 19.3 Å². The second-order valence-electron chi connectivity index (χ2n) is 4.67. The van der Waals surface area contributed by atoms with E-state index in [-0.39, 0.29) is 6.04 Å². The fourth-order valence-electron chi connectivity index (χ4n) is 2.69. The molecule has 0 aliphatic heterocycles. The summed E-state index contributed by atoms with van der Waals surface area (Å²) in [7, 11) is 0. The highest BCUT2D eigenvalue weighted by Crippen LogP contribution is 2.33. The summed E-state index contributed by atoms with van der Waals surface area (Å²) in [4.78, 5) is 0. The van der Waals surface area contributed by atoms with Crippen LogP contribution in [-0.2, 0) is 6.54 Å². The van der Waals surface area contributed by atoms with Crippen LogP contribution in [0.4, 0.5) is 0 Å². The molecule has 0 amide bonds. The highest BCUT2D eigenvalue weighted by Gasteiger charge is 2.24. The van der Waals surface area contributed by atoms with Crippen LogP contribution in [0.3, 0.4) is 0 Å². The minimum absolute atomic E-state index is 0.278. The van der Waals surface area contributed by atoms with Gasteiger partial charge in [-0.3, -0.25) is 16.0 Å². The molecular formula is C12H22N4. The van der Waals surface area contributed by atoms with Gasteiger partial charge < -0.3 is 0 Å². The maximum absolute atomic E-state index is 5.70. The van der Waals surface area contributed by atoms with E-state index in [9.17, 15) is 0 Å². The molecule has 3 N–H and O–H groups in total. The van der Waals surface area contributed by atoms with Crippen molar-refractivity contribution in [3.8, 4) is 0 Å². The molecular weight excluding hydrogens is 200 g/mol. The topological polar surface area (TPSA) is 55.9 Å². The van der Waals surface area contributed by atoms with Crippen molar-refractivity contribution in [2.45, 2.75) is 51.6 Å². The molecule has 0 radical (unpaired) electrons. The van der Waals surface area contributed by atoms with Crippen molar-refractivity contribution in [1.29, 1.82) is 0 Å². The molecule has 1 aromatic rings. The minimum Gasteiger partial charge on any atom is -0.273 e. The second kappa shape index (κ2) is 5.46. The Morgan fingerprint density at radius 3 is 2.81 bits per heavy atom. The van der Waals surface area contributed by atoms with Gasteiger partial charge in [0, 0.05) is 18.3 Å². The molecule has 0 saturated heterocycles. The van der Waals surface area contributed by atoms with Crippen molar-refractivity contribution >= 4 is 0 Å². The molecule has 1 aliphatic carbocycles. The summed E-state index contributed by atoms with van der Waals surface area (Å²) in [5.41, 5.74) is 4.20. The van der Waals surface area contributed by atoms with E-state index in [2.05, 4.69) is 23.6 Å². The van der Waals surface area contributed by atoms with Crippen LogP contribution < -0.4 is 11.3 Å². The molecule has 4 nitrogen and oxygen atoms in total. The highest BCUT2D eigenvalue weighted by molar-refractivity contribution is 5.11. The molecule has 1 heterocycles. The van der Waals surface area contributed by atoms with Gasteiger partial charge in [0.05, 0.1) is 12.2 Å². The van der Waals surface area contributed by atoms with E-state index >= 15 is 0 Å². The van der Waals surface area contributed by atoms with Gasteiger partial charge in [0.15, 0.2) is 0 Å². The number of hydrogen-bond acceptors (Lipinski definition) is 3. The standard InChI is InChI=1S/C12H22N4/c1-2-16-9-11(8-14-16)12(15-13)10-6-4-3-5-7-10/h8-10,12,15H,2-7,13H2,1H3. The first-order valence-corrected chi connectivity index (χ1v) is 6.33. The molecule has 1 unspecified atom stereocenters. The van der Waals surface area contributed by atoms with Crippen LogP contribution in [0.2, 0.25) is 0 Å². The van der Waals surface area contributed by atoms with Gasteiger partial charge in [0.2, 0.25) is 0 Å². The summed E-state index contributed by atoms with van der Waals surface area (Å²) < 4.78 is 1.96. The molecule has 0 aromatic carbocycles. The molecule has 1 aliphatic rings. The third-order valence-corrected chi connectivity index (χ3v) is 3.64. The Morgan fingerprint density at radius 2 is 2.25 bits per heavy atom. The number of hydrazine groups is 1. The van der Waals surface area contributed by atoms with E-state index in [1.807, 2.05) is 10.9 Å². The molecule has 16 heavy (non-hydrogen) atoms. The zero-order chi connectivity index (χ0) is 11.4. The smallest absolute Gasteiger partial charge is 0.0538 e. The Morgan fingerprint density at radius 1 is 1.50 bits per heavy atom. The van der Waals surface area contributed by atoms with Crippen LogP contribution in [-0.4, -0.2) is 9.78 Å². The minimum atomic E-state index is 0.278. The highest BCUT2D eigenvalue weighted by atomic mass is 15.3. The number of nitrogens with zero attached hydrogens (tertiary/aromatic N) is 2. The van der Waals surface area contributed by atoms with Crippen molar-refractivity contribution in [3.63, 3.8) is 0 Å². The Bertz CT molecular complexity index is 315. The predicted molar refractivity (Wildman–Crippen MR) is 64.5 cm³/mol. The molecule has 2 rings (SSSR count). The van der Waals surface area contributed by atoms with E-state index in [0.717, 1.165) is 6.54 Å². The Balaban J connectivity index is 2.08. The molecule has 0 spiro atoms. The number of rotatable bonds is 4. The zero-order valence-electron chi connectivity index (χ0n) is 10.0. The second-order valence-corrected chi connectivity index (χ2v) is 4.67. The first kappa shape index (κ1) is 11.6. The SMILES string of the molecule is CCn1cc(C(NN)C2CCCCC2)cn1. The summed E-state index contributed by atoms with van der Waals surface area (Å²) in [5, 5.41) is 4.32. The van der Waals surface area contributed by atoms with Crippen molar-refractivity contribution < 1.29 is 0 Å². The lowest BCUT2D eigenvalue weighted by Gasteiger charge is -2.29. The van der Waals surface area contributed by atoms with Gasteiger partial charge in [-0.15, -0.1) is 0 Å². The maximum atomic E-state index is 5.70. The van der Waals surface area contributed by atoms with E-state index < -0.39 is 0 Å². The molecule has 1 fully saturated rings. The number of aromatic nitrogens is 2. The van der Waals surface area contributed by atoms with Gasteiger partial charge in [-0.05, 0) is 25.7 Å². The normalized spacial score (nSPS) is 19.9. The molecule has 0 bridgehead atoms. The Hall–Kier alpha value is -0.870. The van der Waals surface area contributed by atoms with Gasteiger partial charge in [-0.25, -0.2) is 0 Å². The lowest BCUT2D eigenvalue weighted by molar-refractivity contribution is 0.273. The predicted octanol–water partition coefficient (Wildman–Crippen LogP) is 1.99. The summed E-state index contributed by atoms with van der Waals surface area (Å²) in [6.45, 7) is 3.02. The van der Waals surface area contributed by atoms with Crippen LogP contribution >= 0.6 is 0 Å². The first-order chi connectivity index (χ1) is 7.85. The zero-order valence-corrected chi connectivity index (χ0v) is 10.0. The van der Waals surface area contributed by atoms with E-state index in [1.165, 1.54) is 37.7 Å². The van der Waals surface area contributed by atoms with Crippen LogP contribution in [0.15, 0.2) is 12.4 Å². The summed E-state index contributed by atoms with van der Waals surface area (Å²) in [6, 6.07) is 0.278. The lowest BCUT2D eigenvalue weighted by Crippen LogP contribution is -2.34. The molecule has 1 atom stereocenters. The van der Waals surface area contributed by atoms with E-state index in [0.29, 0.717) is 5.92 Å². The summed E-state index contributed by atoms with van der Waals surface area (Å²) in [6.07, 6.45) is 10.7. The van der Waals surface area contributed by atoms with Crippen molar-refractivity contribution in [1.82, 2.24) is 15.2 Å². The Kier molecular flexibility index (Phi) is 3.96. The van der Waals surface area contributed by atoms with Gasteiger partial charge >= 0.3 is 0 Å². The van der Waals surface area contributed by atoms with Gasteiger partial charge in [0.25, 0.3) is 0 Å². The lowest BCUT2D eigenvalue weighted by atomic mass is 9.82. The quantitative estimate of drug-likeness (QED) is 0.605. The van der Waals surface area contributed by atoms with Crippen LogP contribution in [0.1, 0.15) is 50.6 Å². The Labute approximate surface area is 97.2 Å². The van der Waals surface area contributed by atoms with Gasteiger partial charge in [0.1, 0.15) is 0 Å². The number of nitrogens with one attached hydrogen (secondary N) is 1. The summed E-state index contributed by atoms with van der Waals surface area (Å²) >= 11 is 0. The molecule has 1 aromatic heterocycles. The average Bonchev–Trinajstić information content (AvgIpc) is 2.80. The summed E-state index contributed by atoms with van der Waals surface area (Å²) in [5.74, 6) is 6.37. The fourth-order valence-corrected chi connectivity index (χ4v) is 2.69. The van der Waals surface area contributed by atoms with Crippen molar-refractivity contribution in [2.75, 3.05) is 0 Å². The first-order valence-electron chi connectivity index (χ1n) is 6.33. The van der Waals surface area contributed by atoms with E-state index in [4.69, 9.17) is 5.84 Å². The average molecular weight is 222 g/mol. The van der Waals surface area contributed by atoms with Crippen LogP contribution in [0.25, 0.3) is 0 Å². The number of hydrogen-bond donors (Lipinski definition) is 2. The number of nitrogens with two attached hydrogens (primary N) is 1. The van der Waals surface area contributed by atoms with Crippen LogP contribution in [0, 0.1) is 5.92 Å². The molecule has 90 valence electrons.